The number of hydrogen-bond acceptors (Lipinski definition) is 3. The summed E-state index contributed by atoms with van der Waals surface area (Å²) in [7, 11) is 0. The van der Waals surface area contributed by atoms with E-state index < -0.39 is 0 Å². The van der Waals surface area contributed by atoms with Gasteiger partial charge in [0.05, 0.1) is 4.88 Å². The molecule has 2 rings (SSSR count). The van der Waals surface area contributed by atoms with E-state index in [0.717, 1.165) is 10.4 Å². The zero-order chi connectivity index (χ0) is 10.1. The lowest BCUT2D eigenvalue weighted by Gasteiger charge is -1.99. The molecule has 0 fully saturated rings. The standard InChI is InChI=1S/C10H11NOS2/c1-3-11-10(12)9-6(2)8-7(14-9)4-5-13-8/h4-5H,3H2,1-2H3,(H,11,12). The minimum atomic E-state index is 0.0541. The number of rotatable bonds is 2. The van der Waals surface area contributed by atoms with Crippen LogP contribution in [0.2, 0.25) is 0 Å². The average molecular weight is 225 g/mol. The summed E-state index contributed by atoms with van der Waals surface area (Å²) in [6, 6.07) is 2.07. The van der Waals surface area contributed by atoms with Gasteiger partial charge in [0.15, 0.2) is 0 Å². The number of aryl methyl sites for hydroxylation is 1. The second kappa shape index (κ2) is 3.71. The predicted molar refractivity (Wildman–Crippen MR) is 62.4 cm³/mol. The molecule has 14 heavy (non-hydrogen) atoms. The summed E-state index contributed by atoms with van der Waals surface area (Å²) < 4.78 is 2.46. The van der Waals surface area contributed by atoms with Gasteiger partial charge in [0.2, 0.25) is 0 Å². The van der Waals surface area contributed by atoms with Crippen molar-refractivity contribution >= 4 is 38.0 Å². The fourth-order valence-corrected chi connectivity index (χ4v) is 3.64. The van der Waals surface area contributed by atoms with Gasteiger partial charge in [0.25, 0.3) is 5.91 Å². The van der Waals surface area contributed by atoms with E-state index in [2.05, 4.69) is 16.8 Å². The topological polar surface area (TPSA) is 29.1 Å². The number of carbonyl (C=O) groups excluding carboxylic acids is 1. The second-order valence-electron chi connectivity index (χ2n) is 3.03. The quantitative estimate of drug-likeness (QED) is 0.836. The van der Waals surface area contributed by atoms with Crippen molar-refractivity contribution in [2.24, 2.45) is 0 Å². The highest BCUT2D eigenvalue weighted by Crippen LogP contribution is 2.34. The van der Waals surface area contributed by atoms with E-state index in [-0.39, 0.29) is 5.91 Å². The Labute approximate surface area is 90.6 Å². The molecule has 0 aromatic carbocycles. The third kappa shape index (κ3) is 1.44. The summed E-state index contributed by atoms with van der Waals surface area (Å²) in [6.07, 6.45) is 0. The van der Waals surface area contributed by atoms with Gasteiger partial charge in [0.1, 0.15) is 0 Å². The van der Waals surface area contributed by atoms with Crippen LogP contribution in [-0.4, -0.2) is 12.5 Å². The van der Waals surface area contributed by atoms with E-state index in [1.807, 2.05) is 13.8 Å². The smallest absolute Gasteiger partial charge is 0.261 e. The van der Waals surface area contributed by atoms with Crippen molar-refractivity contribution in [3.63, 3.8) is 0 Å². The molecule has 1 N–H and O–H groups in total. The average Bonchev–Trinajstić information content (AvgIpc) is 2.69. The molecule has 4 heteroatoms. The molecule has 0 bridgehead atoms. The van der Waals surface area contributed by atoms with E-state index in [1.165, 1.54) is 9.40 Å². The summed E-state index contributed by atoms with van der Waals surface area (Å²) in [5, 5.41) is 4.89. The van der Waals surface area contributed by atoms with Crippen molar-refractivity contribution in [2.75, 3.05) is 6.54 Å². The molecular formula is C10H11NOS2. The number of fused-ring (bicyclic) bond motifs is 1. The van der Waals surface area contributed by atoms with E-state index in [0.29, 0.717) is 6.54 Å². The first-order valence-corrected chi connectivity index (χ1v) is 6.18. The van der Waals surface area contributed by atoms with Crippen LogP contribution >= 0.6 is 22.7 Å². The highest BCUT2D eigenvalue weighted by molar-refractivity contribution is 7.28. The first-order chi connectivity index (χ1) is 6.74. The van der Waals surface area contributed by atoms with E-state index in [1.54, 1.807) is 22.7 Å². The zero-order valence-corrected chi connectivity index (χ0v) is 9.72. The molecule has 0 saturated carbocycles. The van der Waals surface area contributed by atoms with Crippen LogP contribution in [0.15, 0.2) is 11.4 Å². The van der Waals surface area contributed by atoms with Crippen molar-refractivity contribution in [3.8, 4) is 0 Å². The molecule has 0 unspecified atom stereocenters. The third-order valence-corrected chi connectivity index (χ3v) is 4.48. The van der Waals surface area contributed by atoms with Gasteiger partial charge >= 0.3 is 0 Å². The highest BCUT2D eigenvalue weighted by atomic mass is 32.1. The monoisotopic (exact) mass is 225 g/mol. The maximum Gasteiger partial charge on any atom is 0.261 e. The molecule has 2 aromatic rings. The van der Waals surface area contributed by atoms with Crippen LogP contribution in [0.25, 0.3) is 9.40 Å². The van der Waals surface area contributed by atoms with Gasteiger partial charge in [-0.15, -0.1) is 22.7 Å². The molecule has 0 saturated heterocycles. The molecule has 2 heterocycles. The lowest BCUT2D eigenvalue weighted by Crippen LogP contribution is -2.22. The van der Waals surface area contributed by atoms with Crippen molar-refractivity contribution in [3.05, 3.63) is 21.9 Å². The normalized spacial score (nSPS) is 10.7. The molecule has 0 aliphatic carbocycles. The fourth-order valence-electron chi connectivity index (χ4n) is 1.40. The largest absolute Gasteiger partial charge is 0.352 e. The number of thiophene rings is 2. The molecule has 0 spiro atoms. The van der Waals surface area contributed by atoms with Gasteiger partial charge in [-0.2, -0.15) is 0 Å². The third-order valence-electron chi connectivity index (χ3n) is 2.07. The Morgan fingerprint density at radius 1 is 1.57 bits per heavy atom. The molecule has 74 valence electrons. The molecule has 2 nitrogen and oxygen atoms in total. The molecule has 2 aromatic heterocycles. The van der Waals surface area contributed by atoms with Crippen molar-refractivity contribution in [1.82, 2.24) is 5.32 Å². The van der Waals surface area contributed by atoms with Gasteiger partial charge in [0, 0.05) is 15.9 Å². The van der Waals surface area contributed by atoms with Gasteiger partial charge in [-0.3, -0.25) is 4.79 Å². The Bertz CT molecular complexity index is 469. The Kier molecular flexibility index (Phi) is 2.56. The predicted octanol–water partition coefficient (Wildman–Crippen LogP) is 3.02. The Hall–Kier alpha value is -0.870. The van der Waals surface area contributed by atoms with Gasteiger partial charge < -0.3 is 5.32 Å². The summed E-state index contributed by atoms with van der Waals surface area (Å²) in [4.78, 5) is 12.5. The lowest BCUT2D eigenvalue weighted by atomic mass is 10.2. The van der Waals surface area contributed by atoms with E-state index >= 15 is 0 Å². The lowest BCUT2D eigenvalue weighted by molar-refractivity contribution is 0.0959. The Morgan fingerprint density at radius 2 is 2.36 bits per heavy atom. The Morgan fingerprint density at radius 3 is 3.00 bits per heavy atom. The fraction of sp³-hybridized carbons (Fsp3) is 0.300. The van der Waals surface area contributed by atoms with Crippen LogP contribution in [-0.2, 0) is 0 Å². The Balaban J connectivity index is 2.47. The molecule has 1 amide bonds. The molecule has 0 atom stereocenters. The SMILES string of the molecule is CCNC(=O)c1sc2ccsc2c1C. The van der Waals surface area contributed by atoms with E-state index in [4.69, 9.17) is 0 Å². The minimum absolute atomic E-state index is 0.0541. The van der Waals surface area contributed by atoms with Gasteiger partial charge in [-0.1, -0.05) is 0 Å². The van der Waals surface area contributed by atoms with E-state index in [9.17, 15) is 4.79 Å². The maximum atomic E-state index is 11.6. The van der Waals surface area contributed by atoms with Crippen molar-refractivity contribution < 1.29 is 4.79 Å². The molecule has 0 aliphatic rings. The van der Waals surface area contributed by atoms with Crippen LogP contribution in [0.5, 0.6) is 0 Å². The summed E-state index contributed by atoms with van der Waals surface area (Å²) in [6.45, 7) is 4.63. The van der Waals surface area contributed by atoms with Gasteiger partial charge in [-0.05, 0) is 30.9 Å². The van der Waals surface area contributed by atoms with Crippen LogP contribution in [0.1, 0.15) is 22.2 Å². The minimum Gasteiger partial charge on any atom is -0.352 e. The summed E-state index contributed by atoms with van der Waals surface area (Å²) in [5.74, 6) is 0.0541. The highest BCUT2D eigenvalue weighted by Gasteiger charge is 2.14. The number of amides is 1. The van der Waals surface area contributed by atoms with Crippen LogP contribution in [0.4, 0.5) is 0 Å². The maximum absolute atomic E-state index is 11.6. The van der Waals surface area contributed by atoms with Crippen LogP contribution in [0.3, 0.4) is 0 Å². The number of nitrogens with one attached hydrogen (secondary N) is 1. The summed E-state index contributed by atoms with van der Waals surface area (Å²) in [5.41, 5.74) is 1.12. The van der Waals surface area contributed by atoms with Gasteiger partial charge in [-0.25, -0.2) is 0 Å². The molecular weight excluding hydrogens is 214 g/mol. The van der Waals surface area contributed by atoms with Crippen molar-refractivity contribution in [1.29, 1.82) is 0 Å². The first-order valence-electron chi connectivity index (χ1n) is 4.48. The zero-order valence-electron chi connectivity index (χ0n) is 8.09. The second-order valence-corrected chi connectivity index (χ2v) is 5.00. The van der Waals surface area contributed by atoms with Crippen LogP contribution in [0, 0.1) is 6.92 Å². The summed E-state index contributed by atoms with van der Waals surface area (Å²) >= 11 is 3.28. The number of carbonyl (C=O) groups is 1. The van der Waals surface area contributed by atoms with Crippen LogP contribution < -0.4 is 5.32 Å². The molecule has 0 radical (unpaired) electrons. The first kappa shape index (κ1) is 9.68. The number of hydrogen-bond donors (Lipinski definition) is 1. The van der Waals surface area contributed by atoms with Crippen molar-refractivity contribution in [2.45, 2.75) is 13.8 Å². The molecule has 0 aliphatic heterocycles.